The van der Waals surface area contributed by atoms with Crippen LogP contribution in [-0.2, 0) is 6.54 Å². The minimum atomic E-state index is -1.07. The fourth-order valence-electron chi connectivity index (χ4n) is 2.95. The smallest absolute Gasteiger partial charge is 0.356 e. The molecule has 1 fully saturated rings. The van der Waals surface area contributed by atoms with Crippen molar-refractivity contribution in [3.05, 3.63) is 29.7 Å². The number of nitrogens with zero attached hydrogens (tertiary/aromatic N) is 3. The van der Waals surface area contributed by atoms with Crippen LogP contribution in [0.5, 0.6) is 5.88 Å². The first kappa shape index (κ1) is 13.9. The molecular formula is C15H19N3O3. The summed E-state index contributed by atoms with van der Waals surface area (Å²) in [5.74, 6) is -0.458. The molecule has 1 aliphatic heterocycles. The summed E-state index contributed by atoms with van der Waals surface area (Å²) >= 11 is 0. The van der Waals surface area contributed by atoms with E-state index in [2.05, 4.69) is 9.88 Å². The van der Waals surface area contributed by atoms with Crippen LogP contribution in [0.1, 0.15) is 42.0 Å². The standard InChI is InChI=1S/C15H19N3O3/c19-13-7-5-6-11-14(15(20)21)16-12(18(11)13)10-17-8-3-1-2-4-9-17/h5-7,19H,1-4,8-10H2,(H,20,21). The van der Waals surface area contributed by atoms with Crippen molar-refractivity contribution in [1.29, 1.82) is 0 Å². The average molecular weight is 289 g/mol. The summed E-state index contributed by atoms with van der Waals surface area (Å²) in [4.78, 5) is 17.8. The minimum absolute atomic E-state index is 0.00396. The van der Waals surface area contributed by atoms with Crippen LogP contribution < -0.4 is 0 Å². The normalized spacial score (nSPS) is 17.0. The van der Waals surface area contributed by atoms with Crippen LogP contribution in [0.3, 0.4) is 0 Å². The maximum atomic E-state index is 11.3. The Labute approximate surface area is 122 Å². The Kier molecular flexibility index (Phi) is 3.79. The predicted molar refractivity (Wildman–Crippen MR) is 77.6 cm³/mol. The first-order chi connectivity index (χ1) is 10.2. The lowest BCUT2D eigenvalue weighted by molar-refractivity contribution is 0.0693. The van der Waals surface area contributed by atoms with Gasteiger partial charge in [-0.05, 0) is 38.1 Å². The molecule has 2 aromatic heterocycles. The third-order valence-corrected chi connectivity index (χ3v) is 3.98. The molecule has 2 N–H and O–H groups in total. The number of carbonyl (C=O) groups is 1. The highest BCUT2D eigenvalue weighted by Gasteiger charge is 2.20. The van der Waals surface area contributed by atoms with E-state index in [4.69, 9.17) is 0 Å². The summed E-state index contributed by atoms with van der Waals surface area (Å²) in [7, 11) is 0. The number of carboxylic acid groups (broad SMARTS) is 1. The molecule has 3 heterocycles. The third kappa shape index (κ3) is 2.71. The van der Waals surface area contributed by atoms with Crippen molar-refractivity contribution in [2.75, 3.05) is 13.1 Å². The molecule has 3 rings (SSSR count). The molecule has 6 nitrogen and oxygen atoms in total. The lowest BCUT2D eigenvalue weighted by Gasteiger charge is -2.18. The Morgan fingerprint density at radius 2 is 1.90 bits per heavy atom. The van der Waals surface area contributed by atoms with Crippen LogP contribution in [0.4, 0.5) is 0 Å². The van der Waals surface area contributed by atoms with Crippen molar-refractivity contribution >= 4 is 11.5 Å². The van der Waals surface area contributed by atoms with Crippen molar-refractivity contribution in [2.45, 2.75) is 32.2 Å². The van der Waals surface area contributed by atoms with Crippen LogP contribution in [0.15, 0.2) is 18.2 Å². The fourth-order valence-corrected chi connectivity index (χ4v) is 2.95. The Balaban J connectivity index is 1.99. The summed E-state index contributed by atoms with van der Waals surface area (Å²) in [6, 6.07) is 4.85. The van der Waals surface area contributed by atoms with E-state index >= 15 is 0 Å². The number of aromatic nitrogens is 2. The maximum Gasteiger partial charge on any atom is 0.356 e. The van der Waals surface area contributed by atoms with Crippen LogP contribution in [0.25, 0.3) is 5.52 Å². The second-order valence-corrected chi connectivity index (χ2v) is 5.48. The summed E-state index contributed by atoms with van der Waals surface area (Å²) in [6.07, 6.45) is 4.79. The molecule has 0 saturated carbocycles. The van der Waals surface area contributed by atoms with E-state index in [0.717, 1.165) is 25.9 Å². The molecule has 6 heteroatoms. The molecule has 2 aromatic rings. The van der Waals surface area contributed by atoms with Gasteiger partial charge in [0.1, 0.15) is 5.82 Å². The van der Waals surface area contributed by atoms with Gasteiger partial charge in [-0.3, -0.25) is 9.30 Å². The van der Waals surface area contributed by atoms with E-state index in [1.165, 1.54) is 17.2 Å². The van der Waals surface area contributed by atoms with E-state index in [1.807, 2.05) is 0 Å². The summed E-state index contributed by atoms with van der Waals surface area (Å²) in [5.41, 5.74) is 0.433. The summed E-state index contributed by atoms with van der Waals surface area (Å²) in [6.45, 7) is 2.54. The van der Waals surface area contributed by atoms with Gasteiger partial charge in [-0.15, -0.1) is 0 Å². The molecule has 21 heavy (non-hydrogen) atoms. The molecule has 0 spiro atoms. The number of likely N-dealkylation sites (tertiary alicyclic amines) is 1. The highest BCUT2D eigenvalue weighted by Crippen LogP contribution is 2.22. The lowest BCUT2D eigenvalue weighted by Crippen LogP contribution is -2.25. The first-order valence-electron chi connectivity index (χ1n) is 7.32. The van der Waals surface area contributed by atoms with E-state index < -0.39 is 5.97 Å². The highest BCUT2D eigenvalue weighted by atomic mass is 16.4. The predicted octanol–water partition coefficient (Wildman–Crippen LogP) is 2.11. The molecule has 0 aromatic carbocycles. The van der Waals surface area contributed by atoms with Crippen molar-refractivity contribution in [1.82, 2.24) is 14.3 Å². The van der Waals surface area contributed by atoms with Crippen LogP contribution in [-0.4, -0.2) is 43.6 Å². The Morgan fingerprint density at radius 1 is 1.19 bits per heavy atom. The van der Waals surface area contributed by atoms with E-state index in [9.17, 15) is 15.0 Å². The molecule has 0 aliphatic carbocycles. The number of imidazole rings is 1. The van der Waals surface area contributed by atoms with Gasteiger partial charge in [-0.1, -0.05) is 18.9 Å². The van der Waals surface area contributed by atoms with Gasteiger partial charge in [-0.25, -0.2) is 9.78 Å². The van der Waals surface area contributed by atoms with Crippen molar-refractivity contribution in [2.24, 2.45) is 0 Å². The molecule has 112 valence electrons. The van der Waals surface area contributed by atoms with Gasteiger partial charge in [0.15, 0.2) is 11.6 Å². The van der Waals surface area contributed by atoms with Crippen LogP contribution >= 0.6 is 0 Å². The van der Waals surface area contributed by atoms with Crippen molar-refractivity contribution < 1.29 is 15.0 Å². The van der Waals surface area contributed by atoms with Gasteiger partial charge >= 0.3 is 5.97 Å². The van der Waals surface area contributed by atoms with Crippen molar-refractivity contribution in [3.63, 3.8) is 0 Å². The molecule has 0 atom stereocenters. The Bertz CT molecular complexity index is 657. The van der Waals surface area contributed by atoms with Gasteiger partial charge in [0.25, 0.3) is 0 Å². The number of fused-ring (bicyclic) bond motifs is 1. The number of aromatic carboxylic acids is 1. The number of carboxylic acids is 1. The first-order valence-corrected chi connectivity index (χ1v) is 7.32. The molecular weight excluding hydrogens is 270 g/mol. The monoisotopic (exact) mass is 289 g/mol. The van der Waals surface area contributed by atoms with Gasteiger partial charge in [0.2, 0.25) is 0 Å². The number of hydrogen-bond acceptors (Lipinski definition) is 4. The van der Waals surface area contributed by atoms with Crippen LogP contribution in [0.2, 0.25) is 0 Å². The lowest BCUT2D eigenvalue weighted by atomic mass is 10.2. The Hall–Kier alpha value is -2.08. The van der Waals surface area contributed by atoms with E-state index in [-0.39, 0.29) is 11.6 Å². The number of hydrogen-bond donors (Lipinski definition) is 2. The number of pyridine rings is 1. The van der Waals surface area contributed by atoms with Gasteiger partial charge in [0, 0.05) is 0 Å². The van der Waals surface area contributed by atoms with E-state index in [0.29, 0.717) is 17.9 Å². The van der Waals surface area contributed by atoms with Gasteiger partial charge in [-0.2, -0.15) is 0 Å². The SMILES string of the molecule is O=C(O)c1nc(CN2CCCCCC2)n2c(O)cccc12. The molecule has 0 amide bonds. The topological polar surface area (TPSA) is 78.1 Å². The third-order valence-electron chi connectivity index (χ3n) is 3.98. The average Bonchev–Trinajstić information content (AvgIpc) is 2.64. The quantitative estimate of drug-likeness (QED) is 0.905. The fraction of sp³-hybridized carbons (Fsp3) is 0.467. The van der Waals surface area contributed by atoms with Gasteiger partial charge in [0.05, 0.1) is 12.1 Å². The molecule has 0 bridgehead atoms. The maximum absolute atomic E-state index is 11.3. The molecule has 1 saturated heterocycles. The second kappa shape index (κ2) is 5.73. The molecule has 0 radical (unpaired) electrons. The van der Waals surface area contributed by atoms with Crippen LogP contribution in [0, 0.1) is 0 Å². The summed E-state index contributed by atoms with van der Waals surface area (Å²) < 4.78 is 1.54. The molecule has 1 aliphatic rings. The van der Waals surface area contributed by atoms with E-state index in [1.54, 1.807) is 18.2 Å². The zero-order chi connectivity index (χ0) is 14.8. The largest absolute Gasteiger partial charge is 0.494 e. The minimum Gasteiger partial charge on any atom is -0.494 e. The number of aromatic hydroxyl groups is 1. The molecule has 0 unspecified atom stereocenters. The van der Waals surface area contributed by atoms with Crippen molar-refractivity contribution in [3.8, 4) is 5.88 Å². The van der Waals surface area contributed by atoms with Gasteiger partial charge < -0.3 is 10.2 Å². The number of rotatable bonds is 3. The summed E-state index contributed by atoms with van der Waals surface area (Å²) in [5, 5.41) is 19.3. The highest BCUT2D eigenvalue weighted by molar-refractivity contribution is 5.93. The second-order valence-electron chi connectivity index (χ2n) is 5.48. The Morgan fingerprint density at radius 3 is 2.57 bits per heavy atom. The zero-order valence-electron chi connectivity index (χ0n) is 11.8. The zero-order valence-corrected chi connectivity index (χ0v) is 11.8.